The summed E-state index contributed by atoms with van der Waals surface area (Å²) < 4.78 is 19.8. The van der Waals surface area contributed by atoms with Gasteiger partial charge in [-0.1, -0.05) is 24.3 Å². The number of thiocarbonyl (C=S) groups is 1. The number of amides is 2. The van der Waals surface area contributed by atoms with Crippen molar-refractivity contribution in [1.82, 2.24) is 10.3 Å². The summed E-state index contributed by atoms with van der Waals surface area (Å²) in [5.41, 5.74) is 0.0396. The number of carbonyl (C=O) groups excluding carboxylic acids is 2. The molecule has 9 nitrogen and oxygen atoms in total. The average Bonchev–Trinajstić information content (AvgIpc) is 2.79. The van der Waals surface area contributed by atoms with Gasteiger partial charge in [-0.3, -0.25) is 25.0 Å². The fourth-order valence-corrected chi connectivity index (χ4v) is 3.24. The highest BCUT2D eigenvalue weighted by atomic mass is 32.1. The fourth-order valence-electron chi connectivity index (χ4n) is 2.97. The first-order valence-electron chi connectivity index (χ1n) is 9.38. The zero-order chi connectivity index (χ0) is 23.5. The summed E-state index contributed by atoms with van der Waals surface area (Å²) in [4.78, 5) is 40.2. The molecule has 2 heterocycles. The monoisotopic (exact) mass is 464 g/mol. The van der Waals surface area contributed by atoms with Crippen molar-refractivity contribution >= 4 is 46.6 Å². The van der Waals surface area contributed by atoms with Crippen LogP contribution < -0.4 is 15.0 Å². The third kappa shape index (κ3) is 4.57. The molecule has 0 saturated carbocycles. The highest BCUT2D eigenvalue weighted by Gasteiger charge is 2.35. The Morgan fingerprint density at radius 3 is 2.45 bits per heavy atom. The first kappa shape index (κ1) is 21.7. The summed E-state index contributed by atoms with van der Waals surface area (Å²) in [5, 5.41) is 12.9. The number of nitrogens with one attached hydrogen (secondary N) is 1. The quantitative estimate of drug-likeness (QED) is 0.201. The molecule has 1 aliphatic rings. The summed E-state index contributed by atoms with van der Waals surface area (Å²) in [7, 11) is 0. The molecule has 0 aliphatic carbocycles. The van der Waals surface area contributed by atoms with Gasteiger partial charge < -0.3 is 4.74 Å². The summed E-state index contributed by atoms with van der Waals surface area (Å²) >= 11 is 5.06. The standard InChI is InChI=1S/C22H13FN4O5S/c23-17-3-1-2-4-18(17)26-21(29)16(20(28)25-22(26)33)11-13-5-8-15(9-6-13)32-19-10-7-14(12-24-19)27(30)31/h1-12H,(H,25,28,33). The predicted octanol–water partition coefficient (Wildman–Crippen LogP) is 3.75. The van der Waals surface area contributed by atoms with E-state index in [1.807, 2.05) is 0 Å². The molecule has 4 rings (SSSR count). The number of halogens is 1. The summed E-state index contributed by atoms with van der Waals surface area (Å²) in [6.45, 7) is 0. The minimum absolute atomic E-state index is 0.0715. The number of nitro groups is 1. The molecule has 11 heteroatoms. The van der Waals surface area contributed by atoms with E-state index in [4.69, 9.17) is 17.0 Å². The van der Waals surface area contributed by atoms with E-state index in [1.54, 1.807) is 30.3 Å². The zero-order valence-electron chi connectivity index (χ0n) is 16.6. The summed E-state index contributed by atoms with van der Waals surface area (Å²) in [6.07, 6.45) is 2.42. The third-order valence-electron chi connectivity index (χ3n) is 4.54. The van der Waals surface area contributed by atoms with E-state index < -0.39 is 22.6 Å². The lowest BCUT2D eigenvalue weighted by Crippen LogP contribution is -2.54. The molecule has 1 N–H and O–H groups in total. The first-order valence-corrected chi connectivity index (χ1v) is 9.78. The number of ether oxygens (including phenoxy) is 1. The van der Waals surface area contributed by atoms with Crippen molar-refractivity contribution in [3.8, 4) is 11.6 Å². The third-order valence-corrected chi connectivity index (χ3v) is 4.82. The van der Waals surface area contributed by atoms with Crippen LogP contribution in [-0.4, -0.2) is 26.8 Å². The Balaban J connectivity index is 1.55. The second-order valence-corrected chi connectivity index (χ2v) is 7.08. The van der Waals surface area contributed by atoms with Crippen molar-refractivity contribution in [3.05, 3.63) is 93.9 Å². The molecule has 0 radical (unpaired) electrons. The number of hydrogen-bond donors (Lipinski definition) is 1. The van der Waals surface area contributed by atoms with Crippen LogP contribution in [0.1, 0.15) is 5.56 Å². The van der Waals surface area contributed by atoms with Gasteiger partial charge in [-0.05, 0) is 48.1 Å². The van der Waals surface area contributed by atoms with Crippen LogP contribution in [0.15, 0.2) is 72.4 Å². The van der Waals surface area contributed by atoms with E-state index >= 15 is 0 Å². The predicted molar refractivity (Wildman–Crippen MR) is 120 cm³/mol. The molecule has 0 spiro atoms. The van der Waals surface area contributed by atoms with E-state index in [1.165, 1.54) is 36.4 Å². The molecule has 164 valence electrons. The topological polar surface area (TPSA) is 115 Å². The molecule has 0 atom stereocenters. The highest BCUT2D eigenvalue weighted by Crippen LogP contribution is 2.26. The van der Waals surface area contributed by atoms with Crippen molar-refractivity contribution < 1.29 is 23.6 Å². The maximum Gasteiger partial charge on any atom is 0.287 e. The number of carbonyl (C=O) groups is 2. The van der Waals surface area contributed by atoms with Crippen LogP contribution in [0.25, 0.3) is 6.08 Å². The Morgan fingerprint density at radius 2 is 1.82 bits per heavy atom. The van der Waals surface area contributed by atoms with Crippen LogP contribution in [0, 0.1) is 15.9 Å². The molecule has 2 amide bonds. The molecule has 2 aromatic carbocycles. The van der Waals surface area contributed by atoms with Crippen LogP contribution >= 0.6 is 12.2 Å². The van der Waals surface area contributed by atoms with Gasteiger partial charge in [0.1, 0.15) is 23.3 Å². The Labute approximate surface area is 191 Å². The molecule has 1 saturated heterocycles. The van der Waals surface area contributed by atoms with Crippen LogP contribution in [0.2, 0.25) is 0 Å². The van der Waals surface area contributed by atoms with Crippen molar-refractivity contribution in [1.29, 1.82) is 0 Å². The highest BCUT2D eigenvalue weighted by molar-refractivity contribution is 7.80. The van der Waals surface area contributed by atoms with Crippen molar-refractivity contribution in [2.45, 2.75) is 0 Å². The summed E-state index contributed by atoms with van der Waals surface area (Å²) in [6, 6.07) is 14.5. The largest absolute Gasteiger partial charge is 0.439 e. The molecular weight excluding hydrogens is 451 g/mol. The van der Waals surface area contributed by atoms with Gasteiger partial charge in [0, 0.05) is 12.1 Å². The second-order valence-electron chi connectivity index (χ2n) is 6.69. The molecule has 0 bridgehead atoms. The van der Waals surface area contributed by atoms with Crippen molar-refractivity contribution in [2.24, 2.45) is 0 Å². The Morgan fingerprint density at radius 1 is 1.09 bits per heavy atom. The number of anilines is 1. The number of rotatable bonds is 5. The number of benzene rings is 2. The Bertz CT molecular complexity index is 1310. The smallest absolute Gasteiger partial charge is 0.287 e. The van der Waals surface area contributed by atoms with Gasteiger partial charge in [0.05, 0.1) is 10.6 Å². The van der Waals surface area contributed by atoms with Crippen molar-refractivity contribution in [2.75, 3.05) is 4.90 Å². The lowest BCUT2D eigenvalue weighted by atomic mass is 10.1. The number of nitrogens with zero attached hydrogens (tertiary/aromatic N) is 3. The molecule has 3 aromatic rings. The normalized spacial score (nSPS) is 14.9. The van der Waals surface area contributed by atoms with Gasteiger partial charge in [-0.15, -0.1) is 0 Å². The van der Waals surface area contributed by atoms with Gasteiger partial charge >= 0.3 is 0 Å². The van der Waals surface area contributed by atoms with E-state index in [0.29, 0.717) is 11.3 Å². The minimum atomic E-state index is -0.760. The molecule has 1 fully saturated rings. The zero-order valence-corrected chi connectivity index (χ0v) is 17.4. The fraction of sp³-hybridized carbons (Fsp3) is 0. The molecule has 33 heavy (non-hydrogen) atoms. The van der Waals surface area contributed by atoms with E-state index in [9.17, 15) is 24.1 Å². The van der Waals surface area contributed by atoms with E-state index in [2.05, 4.69) is 10.3 Å². The lowest BCUT2D eigenvalue weighted by Gasteiger charge is -2.29. The molecular formula is C22H13FN4O5S. The van der Waals surface area contributed by atoms with Gasteiger partial charge in [-0.25, -0.2) is 14.3 Å². The van der Waals surface area contributed by atoms with Gasteiger partial charge in [0.2, 0.25) is 5.88 Å². The second kappa shape index (κ2) is 8.93. The van der Waals surface area contributed by atoms with Crippen LogP contribution in [0.5, 0.6) is 11.6 Å². The van der Waals surface area contributed by atoms with Crippen LogP contribution in [0.3, 0.4) is 0 Å². The maximum atomic E-state index is 14.2. The Kier molecular flexibility index (Phi) is 5.87. The number of para-hydroxylation sites is 1. The number of pyridine rings is 1. The van der Waals surface area contributed by atoms with E-state index in [0.717, 1.165) is 11.1 Å². The maximum absolute atomic E-state index is 14.2. The minimum Gasteiger partial charge on any atom is -0.439 e. The van der Waals surface area contributed by atoms with Gasteiger partial charge in [0.25, 0.3) is 17.5 Å². The van der Waals surface area contributed by atoms with Crippen LogP contribution in [-0.2, 0) is 9.59 Å². The van der Waals surface area contributed by atoms with Gasteiger partial charge in [0.15, 0.2) is 5.11 Å². The van der Waals surface area contributed by atoms with Crippen LogP contribution in [0.4, 0.5) is 15.8 Å². The number of hydrogen-bond acceptors (Lipinski definition) is 7. The summed E-state index contributed by atoms with van der Waals surface area (Å²) in [5.74, 6) is -1.59. The molecule has 1 aromatic heterocycles. The number of aromatic nitrogens is 1. The van der Waals surface area contributed by atoms with Gasteiger partial charge in [-0.2, -0.15) is 0 Å². The first-order chi connectivity index (χ1) is 15.8. The SMILES string of the molecule is O=C1NC(=S)N(c2ccccc2F)C(=O)C1=Cc1ccc(Oc2ccc([N+](=O)[O-])cn2)cc1. The average molecular weight is 464 g/mol. The van der Waals surface area contributed by atoms with Crippen molar-refractivity contribution in [3.63, 3.8) is 0 Å². The van der Waals surface area contributed by atoms with E-state index in [-0.39, 0.29) is 27.9 Å². The lowest BCUT2D eigenvalue weighted by molar-refractivity contribution is -0.385. The molecule has 0 unspecified atom stereocenters. The molecule has 1 aliphatic heterocycles. The Hall–Kier alpha value is -4.51.